The van der Waals surface area contributed by atoms with Gasteiger partial charge in [-0.1, -0.05) is 5.11 Å². The molecule has 1 aliphatic rings. The molecule has 1 heterocycles. The molecule has 1 fully saturated rings. The Bertz CT molecular complexity index is 153. The summed E-state index contributed by atoms with van der Waals surface area (Å²) in [5.74, 6) is 0. The Hall–Kier alpha value is -0.190. The lowest BCUT2D eigenvalue weighted by Gasteiger charge is -2.26. The Morgan fingerprint density at radius 3 is 2.46 bits per heavy atom. The second-order valence-electron chi connectivity index (χ2n) is 2.55. The third-order valence-electron chi connectivity index (χ3n) is 1.79. The van der Waals surface area contributed by atoms with Crippen molar-refractivity contribution in [3.8, 4) is 0 Å². The van der Waals surface area contributed by atoms with Gasteiger partial charge in [-0.2, -0.15) is 0 Å². The average molecular weight is 228 g/mol. The third kappa shape index (κ3) is 6.93. The van der Waals surface area contributed by atoms with Gasteiger partial charge < -0.3 is 10.2 Å². The largest absolute Gasteiger partial charge is 0.314 e. The molecule has 7 heteroatoms. The van der Waals surface area contributed by atoms with Crippen molar-refractivity contribution in [3.63, 3.8) is 0 Å². The van der Waals surface area contributed by atoms with Gasteiger partial charge in [0.25, 0.3) is 0 Å². The summed E-state index contributed by atoms with van der Waals surface area (Å²) in [4.78, 5) is 5.00. The first-order valence-electron chi connectivity index (χ1n) is 3.87. The van der Waals surface area contributed by atoms with Crippen molar-refractivity contribution in [1.29, 1.82) is 0 Å². The van der Waals surface area contributed by atoms with Gasteiger partial charge in [0.1, 0.15) is 0 Å². The molecule has 1 aliphatic heterocycles. The summed E-state index contributed by atoms with van der Waals surface area (Å²) in [6, 6.07) is 0. The van der Waals surface area contributed by atoms with E-state index in [9.17, 15) is 0 Å². The molecular formula is C6H15Cl2N5. The highest BCUT2D eigenvalue weighted by Gasteiger charge is 2.06. The number of hydrogen-bond acceptors (Lipinski definition) is 3. The molecule has 78 valence electrons. The molecule has 0 saturated carbocycles. The van der Waals surface area contributed by atoms with E-state index in [0.29, 0.717) is 6.54 Å². The predicted molar refractivity (Wildman–Crippen MR) is 57.8 cm³/mol. The maximum Gasteiger partial charge on any atom is 0.0385 e. The van der Waals surface area contributed by atoms with E-state index in [1.807, 2.05) is 0 Å². The van der Waals surface area contributed by atoms with Crippen LogP contribution in [-0.4, -0.2) is 44.2 Å². The monoisotopic (exact) mass is 227 g/mol. The van der Waals surface area contributed by atoms with E-state index in [4.69, 9.17) is 5.53 Å². The first-order chi connectivity index (χ1) is 5.43. The van der Waals surface area contributed by atoms with E-state index in [0.717, 1.165) is 32.7 Å². The highest BCUT2D eigenvalue weighted by Crippen LogP contribution is 1.90. The summed E-state index contributed by atoms with van der Waals surface area (Å²) in [7, 11) is 0. The molecule has 1 N–H and O–H groups in total. The van der Waals surface area contributed by atoms with Crippen molar-refractivity contribution in [2.75, 3.05) is 39.3 Å². The zero-order valence-electron chi connectivity index (χ0n) is 7.35. The first kappa shape index (κ1) is 15.3. The summed E-state index contributed by atoms with van der Waals surface area (Å²) in [5, 5.41) is 6.74. The lowest BCUT2D eigenvalue weighted by molar-refractivity contribution is 0.247. The average Bonchev–Trinajstić information content (AvgIpc) is 2.07. The van der Waals surface area contributed by atoms with Crippen LogP contribution in [0.3, 0.4) is 0 Å². The minimum atomic E-state index is 0. The van der Waals surface area contributed by atoms with E-state index in [1.165, 1.54) is 0 Å². The standard InChI is InChI=1S/C6H13N5.2ClH/c7-10-9-3-6-11-4-1-8-2-5-11;;/h8H,1-6H2;2*1H. The third-order valence-corrected chi connectivity index (χ3v) is 1.79. The van der Waals surface area contributed by atoms with Gasteiger partial charge >= 0.3 is 0 Å². The van der Waals surface area contributed by atoms with Gasteiger partial charge in [0.2, 0.25) is 0 Å². The van der Waals surface area contributed by atoms with Crippen LogP contribution in [0.5, 0.6) is 0 Å². The summed E-state index contributed by atoms with van der Waals surface area (Å²) in [5.41, 5.74) is 8.02. The Morgan fingerprint density at radius 2 is 1.92 bits per heavy atom. The molecule has 0 spiro atoms. The van der Waals surface area contributed by atoms with Crippen molar-refractivity contribution in [1.82, 2.24) is 10.2 Å². The normalized spacial score (nSPS) is 16.3. The number of rotatable bonds is 3. The van der Waals surface area contributed by atoms with Crippen LogP contribution in [-0.2, 0) is 0 Å². The van der Waals surface area contributed by atoms with Crippen LogP contribution in [0.1, 0.15) is 0 Å². The molecule has 0 unspecified atom stereocenters. The van der Waals surface area contributed by atoms with Gasteiger partial charge in [-0.05, 0) is 5.53 Å². The molecule has 0 aromatic rings. The molecule has 0 aromatic carbocycles. The number of hydrogen-bond donors (Lipinski definition) is 1. The highest BCUT2D eigenvalue weighted by molar-refractivity contribution is 5.85. The zero-order chi connectivity index (χ0) is 7.94. The molecule has 5 nitrogen and oxygen atoms in total. The van der Waals surface area contributed by atoms with Crippen molar-refractivity contribution in [3.05, 3.63) is 10.4 Å². The van der Waals surface area contributed by atoms with Crippen LogP contribution in [0, 0.1) is 0 Å². The number of nitrogens with one attached hydrogen (secondary N) is 1. The quantitative estimate of drug-likeness (QED) is 0.445. The maximum atomic E-state index is 8.02. The SMILES string of the molecule is Cl.Cl.[N-]=[N+]=NCCN1CCNCC1. The molecule has 0 bridgehead atoms. The van der Waals surface area contributed by atoms with Gasteiger partial charge in [-0.15, -0.1) is 24.8 Å². The molecule has 0 atom stereocenters. The lowest BCUT2D eigenvalue weighted by Crippen LogP contribution is -2.44. The fraction of sp³-hybridized carbons (Fsp3) is 1.00. The minimum Gasteiger partial charge on any atom is -0.314 e. The van der Waals surface area contributed by atoms with Crippen molar-refractivity contribution < 1.29 is 0 Å². The molecule has 0 aromatic heterocycles. The molecule has 0 radical (unpaired) electrons. The Kier molecular flexibility index (Phi) is 11.6. The Balaban J connectivity index is 0. The van der Waals surface area contributed by atoms with Crippen LogP contribution in [0.4, 0.5) is 0 Å². The molecule has 13 heavy (non-hydrogen) atoms. The summed E-state index contributed by atoms with van der Waals surface area (Å²) in [6.45, 7) is 5.73. The van der Waals surface area contributed by atoms with E-state index in [1.54, 1.807) is 0 Å². The van der Waals surface area contributed by atoms with Gasteiger partial charge in [0, 0.05) is 44.2 Å². The number of piperazine rings is 1. The second kappa shape index (κ2) is 9.89. The summed E-state index contributed by atoms with van der Waals surface area (Å²) < 4.78 is 0. The second-order valence-corrected chi connectivity index (χ2v) is 2.55. The van der Waals surface area contributed by atoms with Gasteiger partial charge in [0.05, 0.1) is 0 Å². The molecule has 1 rings (SSSR count). The van der Waals surface area contributed by atoms with Gasteiger partial charge in [0.15, 0.2) is 0 Å². The minimum absolute atomic E-state index is 0. The molecule has 1 saturated heterocycles. The number of azide groups is 1. The van der Waals surface area contributed by atoms with Crippen LogP contribution in [0.25, 0.3) is 10.4 Å². The maximum absolute atomic E-state index is 8.02. The van der Waals surface area contributed by atoms with Crippen LogP contribution < -0.4 is 5.32 Å². The van der Waals surface area contributed by atoms with Crippen molar-refractivity contribution in [2.24, 2.45) is 5.11 Å². The number of halogens is 2. The smallest absolute Gasteiger partial charge is 0.0385 e. The van der Waals surface area contributed by atoms with Gasteiger partial charge in [-0.3, -0.25) is 0 Å². The van der Waals surface area contributed by atoms with E-state index >= 15 is 0 Å². The lowest BCUT2D eigenvalue weighted by atomic mass is 10.3. The van der Waals surface area contributed by atoms with Crippen molar-refractivity contribution in [2.45, 2.75) is 0 Å². The van der Waals surface area contributed by atoms with Crippen molar-refractivity contribution >= 4 is 24.8 Å². The predicted octanol–water partition coefficient (Wildman–Crippen LogP) is 1.05. The van der Waals surface area contributed by atoms with E-state index in [-0.39, 0.29) is 24.8 Å². The van der Waals surface area contributed by atoms with Crippen LogP contribution >= 0.6 is 24.8 Å². The highest BCUT2D eigenvalue weighted by atomic mass is 35.5. The fourth-order valence-electron chi connectivity index (χ4n) is 1.17. The van der Waals surface area contributed by atoms with Crippen LogP contribution in [0.2, 0.25) is 0 Å². The Labute approximate surface area is 90.3 Å². The Morgan fingerprint density at radius 1 is 1.31 bits per heavy atom. The van der Waals surface area contributed by atoms with E-state index in [2.05, 4.69) is 20.2 Å². The molecule has 0 aliphatic carbocycles. The zero-order valence-corrected chi connectivity index (χ0v) is 8.98. The first-order valence-corrected chi connectivity index (χ1v) is 3.87. The van der Waals surface area contributed by atoms with E-state index < -0.39 is 0 Å². The number of nitrogens with zero attached hydrogens (tertiary/aromatic N) is 4. The summed E-state index contributed by atoms with van der Waals surface area (Å²) in [6.07, 6.45) is 0. The molecule has 0 amide bonds. The fourth-order valence-corrected chi connectivity index (χ4v) is 1.17. The topological polar surface area (TPSA) is 64.0 Å². The summed E-state index contributed by atoms with van der Waals surface area (Å²) >= 11 is 0. The molecular weight excluding hydrogens is 213 g/mol. The van der Waals surface area contributed by atoms with Gasteiger partial charge in [-0.25, -0.2) is 0 Å². The van der Waals surface area contributed by atoms with Crippen LogP contribution in [0.15, 0.2) is 5.11 Å².